The third kappa shape index (κ3) is 5.58. The van der Waals surface area contributed by atoms with Gasteiger partial charge in [-0.25, -0.2) is 8.42 Å². The number of aromatic nitrogens is 3. The number of halogens is 1. The number of fused-ring (bicyclic) bond motifs is 1. The maximum Gasteiger partial charge on any atom is 0.340 e. The van der Waals surface area contributed by atoms with Crippen molar-refractivity contribution in [3.63, 3.8) is 0 Å². The summed E-state index contributed by atoms with van der Waals surface area (Å²) in [7, 11) is -7.30. The normalized spacial score (nSPS) is 23.8. The van der Waals surface area contributed by atoms with Crippen LogP contribution in [0.25, 0.3) is 11.0 Å². The van der Waals surface area contributed by atoms with E-state index < -0.39 is 53.2 Å². The molecule has 4 N–H and O–H groups in total. The summed E-state index contributed by atoms with van der Waals surface area (Å²) in [5, 5.41) is 21.6. The highest BCUT2D eigenvalue weighted by Gasteiger charge is 2.46. The summed E-state index contributed by atoms with van der Waals surface area (Å²) in [6.45, 7) is 2.00. The summed E-state index contributed by atoms with van der Waals surface area (Å²) in [6, 6.07) is 11.4. The summed E-state index contributed by atoms with van der Waals surface area (Å²) in [4.78, 5) is 28.6. The molecule has 3 aromatic rings. The first-order valence-corrected chi connectivity index (χ1v) is 14.9. The highest BCUT2D eigenvalue weighted by molar-refractivity contribution is 7.97. The number of anilines is 1. The molecule has 3 heterocycles. The average molecular weight is 561 g/mol. The van der Waals surface area contributed by atoms with Gasteiger partial charge >= 0.3 is 7.60 Å². The van der Waals surface area contributed by atoms with Gasteiger partial charge in [0.2, 0.25) is 5.28 Å². The Kier molecular flexibility index (Phi) is 7.48. The molecule has 0 unspecified atom stereocenters. The van der Waals surface area contributed by atoms with Gasteiger partial charge in [-0.1, -0.05) is 30.3 Å². The first-order chi connectivity index (χ1) is 16.8. The largest absolute Gasteiger partial charge is 0.387 e. The van der Waals surface area contributed by atoms with Crippen LogP contribution in [-0.4, -0.2) is 79.6 Å². The Morgan fingerprint density at radius 3 is 2.47 bits per heavy atom. The second-order valence-electron chi connectivity index (χ2n) is 8.72. The Morgan fingerprint density at radius 1 is 1.17 bits per heavy atom. The number of nitrogens with zero attached hydrogens (tertiary/aromatic N) is 4. The van der Waals surface area contributed by atoms with Gasteiger partial charge in [0.15, 0.2) is 21.6 Å². The average Bonchev–Trinajstić information content (AvgIpc) is 3.32. The number of benzene rings is 1. The molecule has 196 valence electrons. The molecule has 0 spiro atoms. The van der Waals surface area contributed by atoms with E-state index in [0.29, 0.717) is 11.2 Å². The van der Waals surface area contributed by atoms with E-state index in [2.05, 4.69) is 9.97 Å². The Morgan fingerprint density at radius 2 is 1.83 bits per heavy atom. The number of ether oxygens (including phenoxy) is 1. The second-order valence-corrected chi connectivity index (χ2v) is 13.2. The number of hydrogen-bond acceptors (Lipinski definition) is 9. The third-order valence-corrected chi connectivity index (χ3v) is 10.0. The smallest absolute Gasteiger partial charge is 0.340 e. The third-order valence-electron chi connectivity index (χ3n) is 6.12. The minimum Gasteiger partial charge on any atom is -0.387 e. The van der Waals surface area contributed by atoms with Gasteiger partial charge < -0.3 is 34.2 Å². The van der Waals surface area contributed by atoms with E-state index >= 15 is 0 Å². The SMILES string of the molecule is C[C@H](c1ccccc1)N(C)c1nc(Cl)nc2c1ccn2[C@@H]1O[C@H](CS(=O)(=O)CP(=O)(O)O)[C@@H](O)[C@H]1O. The Balaban J connectivity index is 1.65. The molecule has 36 heavy (non-hydrogen) atoms. The fraction of sp³-hybridized carbons (Fsp3) is 0.429. The Labute approximate surface area is 212 Å². The van der Waals surface area contributed by atoms with Crippen LogP contribution in [0.2, 0.25) is 5.28 Å². The predicted octanol–water partition coefficient (Wildman–Crippen LogP) is 1.45. The highest BCUT2D eigenvalue weighted by atomic mass is 35.5. The van der Waals surface area contributed by atoms with E-state index in [1.807, 2.05) is 49.2 Å². The van der Waals surface area contributed by atoms with Crippen LogP contribution in [0.5, 0.6) is 0 Å². The Bertz CT molecular complexity index is 1400. The van der Waals surface area contributed by atoms with Crippen LogP contribution in [0.15, 0.2) is 42.6 Å². The van der Waals surface area contributed by atoms with Gasteiger partial charge in [0.25, 0.3) is 0 Å². The maximum atomic E-state index is 12.2. The molecule has 0 radical (unpaired) electrons. The molecule has 5 atom stereocenters. The van der Waals surface area contributed by atoms with Crippen LogP contribution in [0.4, 0.5) is 5.82 Å². The molecule has 15 heteroatoms. The molecule has 0 amide bonds. The van der Waals surface area contributed by atoms with Crippen LogP contribution in [0.3, 0.4) is 0 Å². The lowest BCUT2D eigenvalue weighted by Gasteiger charge is -2.27. The second kappa shape index (κ2) is 9.99. The van der Waals surface area contributed by atoms with Gasteiger partial charge in [-0.2, -0.15) is 9.97 Å². The molecule has 1 aliphatic rings. The van der Waals surface area contributed by atoms with Crippen molar-refractivity contribution in [2.45, 2.75) is 37.5 Å². The van der Waals surface area contributed by atoms with Crippen molar-refractivity contribution in [2.24, 2.45) is 0 Å². The molecular formula is C21H26ClN4O8PS. The van der Waals surface area contributed by atoms with E-state index in [-0.39, 0.29) is 17.0 Å². The number of aliphatic hydroxyl groups excluding tert-OH is 2. The molecule has 1 aromatic carbocycles. The first kappa shape index (κ1) is 27.0. The first-order valence-electron chi connectivity index (χ1n) is 10.9. The zero-order chi connectivity index (χ0) is 26.4. The van der Waals surface area contributed by atoms with Gasteiger partial charge in [-0.3, -0.25) is 4.57 Å². The van der Waals surface area contributed by atoms with Crippen molar-refractivity contribution in [2.75, 3.05) is 23.2 Å². The van der Waals surface area contributed by atoms with Crippen molar-refractivity contribution in [1.82, 2.24) is 14.5 Å². The zero-order valence-electron chi connectivity index (χ0n) is 19.3. The molecule has 0 aliphatic carbocycles. The van der Waals surface area contributed by atoms with E-state index in [0.717, 1.165) is 5.56 Å². The molecule has 0 bridgehead atoms. The molecule has 1 aliphatic heterocycles. The van der Waals surface area contributed by atoms with Crippen molar-refractivity contribution in [3.8, 4) is 0 Å². The van der Waals surface area contributed by atoms with Gasteiger partial charge in [0.1, 0.15) is 29.8 Å². The van der Waals surface area contributed by atoms with Gasteiger partial charge in [0, 0.05) is 13.2 Å². The van der Waals surface area contributed by atoms with E-state index in [1.165, 1.54) is 4.57 Å². The van der Waals surface area contributed by atoms with Crippen LogP contribution < -0.4 is 4.90 Å². The number of hydrogen-bond donors (Lipinski definition) is 4. The van der Waals surface area contributed by atoms with E-state index in [1.54, 1.807) is 12.3 Å². The molecule has 0 saturated carbocycles. The quantitative estimate of drug-likeness (QED) is 0.232. The molecule has 2 aromatic heterocycles. The van der Waals surface area contributed by atoms with Crippen LogP contribution in [0.1, 0.15) is 24.8 Å². The van der Waals surface area contributed by atoms with Gasteiger partial charge in [-0.15, -0.1) is 0 Å². The fourth-order valence-electron chi connectivity index (χ4n) is 4.26. The fourth-order valence-corrected chi connectivity index (χ4v) is 7.67. The van der Waals surface area contributed by atoms with Crippen molar-refractivity contribution < 1.29 is 37.7 Å². The minimum absolute atomic E-state index is 0.0710. The predicted molar refractivity (Wildman–Crippen MR) is 132 cm³/mol. The molecule has 1 saturated heterocycles. The topological polar surface area (TPSA) is 175 Å². The van der Waals surface area contributed by atoms with Gasteiger partial charge in [0.05, 0.1) is 17.2 Å². The van der Waals surface area contributed by atoms with Gasteiger partial charge in [-0.05, 0) is 30.2 Å². The van der Waals surface area contributed by atoms with Crippen molar-refractivity contribution in [1.29, 1.82) is 0 Å². The summed E-state index contributed by atoms with van der Waals surface area (Å²) in [5.41, 5.74) is -0.0656. The van der Waals surface area contributed by atoms with Crippen LogP contribution >= 0.6 is 19.2 Å². The maximum absolute atomic E-state index is 12.2. The lowest BCUT2D eigenvalue weighted by Crippen LogP contribution is -2.35. The van der Waals surface area contributed by atoms with Crippen LogP contribution in [0, 0.1) is 0 Å². The molecule has 4 rings (SSSR count). The minimum atomic E-state index is -4.86. The number of sulfone groups is 1. The number of aliphatic hydroxyl groups is 2. The standard InChI is InChI=1S/C21H26ClN4O8PS/c1-12(13-6-4-3-5-7-13)25(2)18-14-8-9-26(19(14)24-21(22)23-18)20-17(28)16(27)15(34-20)10-36(32,33)11-35(29,30)31/h3-9,12,15-17,20,27-28H,10-11H2,1-2H3,(H2,29,30,31)/t12-,15-,16-,17-,20-/m1/s1. The van der Waals surface area contributed by atoms with E-state index in [9.17, 15) is 23.2 Å². The zero-order valence-corrected chi connectivity index (χ0v) is 21.8. The summed E-state index contributed by atoms with van der Waals surface area (Å²) in [5.74, 6) is -0.376. The summed E-state index contributed by atoms with van der Waals surface area (Å²) < 4.78 is 42.6. The number of rotatable bonds is 8. The lowest BCUT2D eigenvalue weighted by molar-refractivity contribution is -0.0288. The molecule has 12 nitrogen and oxygen atoms in total. The monoisotopic (exact) mass is 560 g/mol. The molecular weight excluding hydrogens is 535 g/mol. The lowest BCUT2D eigenvalue weighted by atomic mass is 10.1. The Hall–Kier alpha value is -2.09. The highest BCUT2D eigenvalue weighted by Crippen LogP contribution is 2.39. The van der Waals surface area contributed by atoms with Crippen molar-refractivity contribution in [3.05, 3.63) is 53.4 Å². The summed E-state index contributed by atoms with van der Waals surface area (Å²) in [6.07, 6.45) is -4.28. The molecule has 1 fully saturated rings. The summed E-state index contributed by atoms with van der Waals surface area (Å²) >= 11 is 6.23. The van der Waals surface area contributed by atoms with Crippen LogP contribution in [-0.2, 0) is 19.1 Å². The van der Waals surface area contributed by atoms with E-state index in [4.69, 9.17) is 26.1 Å². The van der Waals surface area contributed by atoms with Crippen molar-refractivity contribution >= 4 is 45.9 Å².